The van der Waals surface area contributed by atoms with E-state index in [1.807, 2.05) is 40.7 Å². The van der Waals surface area contributed by atoms with Crippen LogP contribution in [0.5, 0.6) is 0 Å². The topological polar surface area (TPSA) is 73.4 Å². The number of halogens is 3. The van der Waals surface area contributed by atoms with Crippen LogP contribution >= 0.6 is 0 Å². The van der Waals surface area contributed by atoms with Crippen molar-refractivity contribution >= 4 is 17.7 Å². The molecule has 2 aliphatic rings. The molecule has 0 spiro atoms. The van der Waals surface area contributed by atoms with Gasteiger partial charge in [-0.2, -0.15) is 18.2 Å². The van der Waals surface area contributed by atoms with Crippen molar-refractivity contribution in [2.45, 2.75) is 113 Å². The first kappa shape index (κ1) is 39.6. The molecule has 0 bridgehead atoms. The van der Waals surface area contributed by atoms with Crippen molar-refractivity contribution in [1.82, 2.24) is 19.8 Å². The molecule has 0 radical (unpaired) electrons. The summed E-state index contributed by atoms with van der Waals surface area (Å²) in [6.07, 6.45) is 3.80. The van der Waals surface area contributed by atoms with Gasteiger partial charge in [0.05, 0.1) is 0 Å². The molecule has 2 N–H and O–H groups in total. The quantitative estimate of drug-likeness (QED) is 0.235. The number of piperidine rings is 1. The third-order valence-corrected chi connectivity index (χ3v) is 6.51. The lowest BCUT2D eigenvalue weighted by molar-refractivity contribution is -0.137. The molecule has 0 aliphatic carbocycles. The van der Waals surface area contributed by atoms with Crippen molar-refractivity contribution < 1.29 is 18.0 Å². The molecular weight excluding hydrogens is 541 g/mol. The van der Waals surface area contributed by atoms with E-state index in [-0.39, 0.29) is 24.2 Å². The fraction of sp³-hybridized carbons (Fsp3) is 0.781. The first-order valence-corrected chi connectivity index (χ1v) is 16.2. The molecule has 1 aromatic rings. The molecular formula is C32H59F3N6O. The summed E-state index contributed by atoms with van der Waals surface area (Å²) in [7, 11) is 0. The SMILES string of the molecule is CC.CC.CC(C)CN1CC(C)C1.CCC/C=C(\CC)Nc1ncc(C(F)(F)F)c(NCCCN2CCCCC2=O)n1. The molecule has 1 aromatic heterocycles. The molecule has 0 saturated carbocycles. The maximum atomic E-state index is 13.3. The number of rotatable bonds is 12. The van der Waals surface area contributed by atoms with Crippen LogP contribution in [0.4, 0.5) is 24.9 Å². The number of alkyl halides is 3. The minimum atomic E-state index is -4.55. The normalized spacial score (nSPS) is 15.9. The average molecular weight is 601 g/mol. The van der Waals surface area contributed by atoms with Crippen LogP contribution in [0.25, 0.3) is 0 Å². The Kier molecular flexibility index (Phi) is 21.0. The highest BCUT2D eigenvalue weighted by molar-refractivity contribution is 5.76. The van der Waals surface area contributed by atoms with Gasteiger partial charge < -0.3 is 20.4 Å². The van der Waals surface area contributed by atoms with E-state index in [0.29, 0.717) is 25.8 Å². The Bertz CT molecular complexity index is 885. The number of allylic oxidation sites excluding steroid dienone is 2. The lowest BCUT2D eigenvalue weighted by Crippen LogP contribution is -2.46. The Morgan fingerprint density at radius 2 is 1.81 bits per heavy atom. The maximum absolute atomic E-state index is 13.3. The van der Waals surface area contributed by atoms with Gasteiger partial charge in [-0.3, -0.25) is 4.79 Å². The van der Waals surface area contributed by atoms with Gasteiger partial charge >= 0.3 is 6.18 Å². The van der Waals surface area contributed by atoms with Gasteiger partial charge in [-0.25, -0.2) is 4.98 Å². The summed E-state index contributed by atoms with van der Waals surface area (Å²) in [4.78, 5) is 24.0. The van der Waals surface area contributed by atoms with Crippen molar-refractivity contribution in [3.05, 3.63) is 23.5 Å². The Morgan fingerprint density at radius 3 is 2.33 bits per heavy atom. The van der Waals surface area contributed by atoms with Gasteiger partial charge in [-0.15, -0.1) is 0 Å². The Morgan fingerprint density at radius 1 is 1.14 bits per heavy atom. The molecule has 0 unspecified atom stereocenters. The van der Waals surface area contributed by atoms with Crippen molar-refractivity contribution in [2.75, 3.05) is 49.9 Å². The van der Waals surface area contributed by atoms with Crippen LogP contribution in [0.15, 0.2) is 18.0 Å². The molecule has 1 amide bonds. The molecule has 2 saturated heterocycles. The van der Waals surface area contributed by atoms with E-state index in [1.165, 1.54) is 19.6 Å². The van der Waals surface area contributed by atoms with Crippen LogP contribution < -0.4 is 10.6 Å². The Hall–Kier alpha value is -2.36. The molecule has 0 atom stereocenters. The zero-order valence-corrected chi connectivity index (χ0v) is 27.8. The van der Waals surface area contributed by atoms with E-state index in [4.69, 9.17) is 0 Å². The van der Waals surface area contributed by atoms with E-state index in [9.17, 15) is 18.0 Å². The number of amides is 1. The van der Waals surface area contributed by atoms with Crippen LogP contribution in [-0.4, -0.2) is 64.9 Å². The van der Waals surface area contributed by atoms with Gasteiger partial charge in [0, 0.05) is 57.6 Å². The number of nitrogens with zero attached hydrogens (tertiary/aromatic N) is 4. The molecule has 2 fully saturated rings. The molecule has 244 valence electrons. The van der Waals surface area contributed by atoms with Gasteiger partial charge in [-0.1, -0.05) is 74.8 Å². The van der Waals surface area contributed by atoms with Gasteiger partial charge in [0.15, 0.2) is 0 Å². The number of hydrogen-bond acceptors (Lipinski definition) is 6. The highest BCUT2D eigenvalue weighted by atomic mass is 19.4. The van der Waals surface area contributed by atoms with Crippen LogP contribution in [0.3, 0.4) is 0 Å². The highest BCUT2D eigenvalue weighted by Crippen LogP contribution is 2.34. The van der Waals surface area contributed by atoms with E-state index in [0.717, 1.165) is 56.0 Å². The molecule has 42 heavy (non-hydrogen) atoms. The lowest BCUT2D eigenvalue weighted by atomic mass is 10.0. The third-order valence-electron chi connectivity index (χ3n) is 6.51. The van der Waals surface area contributed by atoms with Gasteiger partial charge in [0.2, 0.25) is 11.9 Å². The smallest absolute Gasteiger partial charge is 0.369 e. The van der Waals surface area contributed by atoms with Gasteiger partial charge in [-0.05, 0) is 43.9 Å². The number of carbonyl (C=O) groups excluding carboxylic acids is 1. The molecule has 10 heteroatoms. The largest absolute Gasteiger partial charge is 0.421 e. The fourth-order valence-electron chi connectivity index (χ4n) is 4.60. The number of aromatic nitrogens is 2. The van der Waals surface area contributed by atoms with Gasteiger partial charge in [0.25, 0.3) is 0 Å². The van der Waals surface area contributed by atoms with E-state index < -0.39 is 11.7 Å². The summed E-state index contributed by atoms with van der Waals surface area (Å²) < 4.78 is 40.0. The zero-order valence-electron chi connectivity index (χ0n) is 27.8. The summed E-state index contributed by atoms with van der Waals surface area (Å²) in [5.41, 5.74) is -0.0196. The molecule has 3 heterocycles. The number of anilines is 2. The molecule has 7 nitrogen and oxygen atoms in total. The van der Waals surface area contributed by atoms with Gasteiger partial charge in [0.1, 0.15) is 11.4 Å². The highest BCUT2D eigenvalue weighted by Gasteiger charge is 2.35. The number of hydrogen-bond donors (Lipinski definition) is 2. The van der Waals surface area contributed by atoms with Crippen LogP contribution in [-0.2, 0) is 11.0 Å². The average Bonchev–Trinajstić information content (AvgIpc) is 2.95. The van der Waals surface area contributed by atoms with Crippen molar-refractivity contribution in [1.29, 1.82) is 0 Å². The number of nitrogens with one attached hydrogen (secondary N) is 2. The second-order valence-corrected chi connectivity index (χ2v) is 10.8. The first-order chi connectivity index (χ1) is 20.0. The Labute approximate surface area is 254 Å². The Balaban J connectivity index is 0.00000108. The minimum Gasteiger partial charge on any atom is -0.369 e. The van der Waals surface area contributed by atoms with E-state index in [2.05, 4.69) is 53.2 Å². The number of carbonyl (C=O) groups is 1. The van der Waals surface area contributed by atoms with E-state index in [1.54, 1.807) is 4.90 Å². The molecule has 2 aliphatic heterocycles. The summed E-state index contributed by atoms with van der Waals surface area (Å²) in [5.74, 6) is 1.81. The van der Waals surface area contributed by atoms with Crippen molar-refractivity contribution in [2.24, 2.45) is 11.8 Å². The number of unbranched alkanes of at least 4 members (excludes halogenated alkanes) is 1. The lowest BCUT2D eigenvalue weighted by Gasteiger charge is -2.38. The van der Waals surface area contributed by atoms with E-state index >= 15 is 0 Å². The van der Waals surface area contributed by atoms with Crippen molar-refractivity contribution in [3.8, 4) is 0 Å². The summed E-state index contributed by atoms with van der Waals surface area (Å²) in [5, 5.41) is 5.79. The minimum absolute atomic E-state index is 0.117. The third kappa shape index (κ3) is 15.8. The first-order valence-electron chi connectivity index (χ1n) is 16.2. The van der Waals surface area contributed by atoms with Crippen LogP contribution in [0.1, 0.15) is 113 Å². The summed E-state index contributed by atoms with van der Waals surface area (Å²) in [6, 6.07) is 0. The summed E-state index contributed by atoms with van der Waals surface area (Å²) >= 11 is 0. The second-order valence-electron chi connectivity index (χ2n) is 10.8. The number of likely N-dealkylation sites (tertiary alicyclic amines) is 2. The fourth-order valence-corrected chi connectivity index (χ4v) is 4.60. The maximum Gasteiger partial charge on any atom is 0.421 e. The predicted octanol–water partition coefficient (Wildman–Crippen LogP) is 8.46. The monoisotopic (exact) mass is 600 g/mol. The summed E-state index contributed by atoms with van der Waals surface area (Å²) in [6.45, 7) is 24.4. The standard InChI is InChI=1S/C20H30F3N5O.C8H17N.2C2H6/c1-3-5-9-15(4-2)26-19-25-14-16(20(21,22)23)18(27-19)24-11-8-13-28-12-7-6-10-17(28)29;1-7(2)4-9-5-8(3)6-9;2*1-2/h9,14H,3-8,10-13H2,1-2H3,(H2,24,25,26,27);7-8H,4-6H2,1-3H3;2*1-2H3/b15-9+;;;. The second kappa shape index (κ2) is 22.2. The zero-order chi connectivity index (χ0) is 32.1. The van der Waals surface area contributed by atoms with Crippen LogP contribution in [0, 0.1) is 11.8 Å². The molecule has 0 aromatic carbocycles. The van der Waals surface area contributed by atoms with Crippen LogP contribution in [0.2, 0.25) is 0 Å². The molecule has 3 rings (SSSR count). The van der Waals surface area contributed by atoms with Crippen molar-refractivity contribution in [3.63, 3.8) is 0 Å². The predicted molar refractivity (Wildman–Crippen MR) is 171 cm³/mol.